The van der Waals surface area contributed by atoms with Gasteiger partial charge in [-0.1, -0.05) is 12.1 Å². The number of anilines is 2. The molecule has 0 aliphatic carbocycles. The Morgan fingerprint density at radius 2 is 1.63 bits per heavy atom. The molecule has 5 heteroatoms. The van der Waals surface area contributed by atoms with Crippen LogP contribution in [0.1, 0.15) is 34.3 Å². The third kappa shape index (κ3) is 3.64. The molecule has 0 saturated carbocycles. The van der Waals surface area contributed by atoms with Gasteiger partial charge in [0.15, 0.2) is 0 Å². The first-order chi connectivity index (χ1) is 13.1. The number of hydrogen-bond acceptors (Lipinski definition) is 4. The lowest BCUT2D eigenvalue weighted by Gasteiger charge is -2.37. The Hall–Kier alpha value is -2.56. The molecular weight excluding hydrogens is 336 g/mol. The van der Waals surface area contributed by atoms with Crippen LogP contribution in [0.25, 0.3) is 0 Å². The molecule has 5 nitrogen and oxygen atoms in total. The molecule has 0 unspecified atom stereocenters. The van der Waals surface area contributed by atoms with E-state index in [1.165, 1.54) is 16.8 Å². The van der Waals surface area contributed by atoms with E-state index in [9.17, 15) is 4.79 Å². The molecule has 2 aromatic rings. The van der Waals surface area contributed by atoms with E-state index >= 15 is 0 Å². The average Bonchev–Trinajstić information content (AvgIpc) is 3.25. The van der Waals surface area contributed by atoms with Crippen LogP contribution in [0.2, 0.25) is 0 Å². The van der Waals surface area contributed by atoms with Crippen molar-refractivity contribution in [1.29, 1.82) is 0 Å². The number of rotatable bonds is 3. The van der Waals surface area contributed by atoms with E-state index in [1.54, 1.807) is 6.20 Å². The molecule has 1 aromatic heterocycles. The van der Waals surface area contributed by atoms with Gasteiger partial charge in [0, 0.05) is 56.7 Å². The second kappa shape index (κ2) is 7.59. The number of amides is 1. The Balaban J connectivity index is 1.44. The van der Waals surface area contributed by atoms with Crippen molar-refractivity contribution in [3.63, 3.8) is 0 Å². The predicted octanol–water partition coefficient (Wildman–Crippen LogP) is 3.26. The number of aryl methyl sites for hydroxylation is 1. The van der Waals surface area contributed by atoms with E-state index in [4.69, 9.17) is 0 Å². The second-order valence-corrected chi connectivity index (χ2v) is 7.60. The average molecular weight is 364 g/mol. The van der Waals surface area contributed by atoms with Crippen LogP contribution in [0, 0.1) is 13.8 Å². The number of carbonyl (C=O) groups is 1. The third-order valence-electron chi connectivity index (χ3n) is 5.91. The van der Waals surface area contributed by atoms with E-state index in [0.29, 0.717) is 0 Å². The molecule has 2 aliphatic heterocycles. The number of nitrogens with zero attached hydrogens (tertiary/aromatic N) is 4. The molecule has 27 heavy (non-hydrogen) atoms. The van der Waals surface area contributed by atoms with Gasteiger partial charge < -0.3 is 14.7 Å². The lowest BCUT2D eigenvalue weighted by atomic mass is 10.1. The van der Waals surface area contributed by atoms with Gasteiger partial charge in [0.1, 0.15) is 5.82 Å². The maximum absolute atomic E-state index is 12.7. The monoisotopic (exact) mass is 364 g/mol. The summed E-state index contributed by atoms with van der Waals surface area (Å²) >= 11 is 0. The van der Waals surface area contributed by atoms with Crippen LogP contribution in [0.5, 0.6) is 0 Å². The molecule has 1 aromatic carbocycles. The molecule has 0 spiro atoms. The number of benzene rings is 1. The highest BCUT2D eigenvalue weighted by Crippen LogP contribution is 2.25. The van der Waals surface area contributed by atoms with Crippen molar-refractivity contribution < 1.29 is 4.79 Å². The summed E-state index contributed by atoms with van der Waals surface area (Å²) in [6.07, 6.45) is 4.00. The van der Waals surface area contributed by atoms with E-state index in [1.807, 2.05) is 17.0 Å². The fraction of sp³-hybridized carbons (Fsp3) is 0.455. The summed E-state index contributed by atoms with van der Waals surface area (Å²) in [5.41, 5.74) is 4.80. The number of carbonyl (C=O) groups excluding carboxylic acids is 1. The Bertz CT molecular complexity index is 821. The Morgan fingerprint density at radius 1 is 0.926 bits per heavy atom. The summed E-state index contributed by atoms with van der Waals surface area (Å²) in [4.78, 5) is 23.9. The minimum Gasteiger partial charge on any atom is -0.368 e. The molecule has 4 rings (SSSR count). The summed E-state index contributed by atoms with van der Waals surface area (Å²) in [5, 5.41) is 0. The lowest BCUT2D eigenvalue weighted by Crippen LogP contribution is -2.47. The van der Waals surface area contributed by atoms with Gasteiger partial charge in [0.05, 0.1) is 0 Å². The van der Waals surface area contributed by atoms with Crippen molar-refractivity contribution in [1.82, 2.24) is 9.88 Å². The van der Waals surface area contributed by atoms with E-state index in [2.05, 4.69) is 46.8 Å². The first-order valence-corrected chi connectivity index (χ1v) is 9.95. The molecule has 3 heterocycles. The summed E-state index contributed by atoms with van der Waals surface area (Å²) in [6, 6.07) is 10.3. The van der Waals surface area contributed by atoms with Gasteiger partial charge in [-0.25, -0.2) is 4.98 Å². The van der Waals surface area contributed by atoms with Gasteiger partial charge in [-0.15, -0.1) is 0 Å². The van der Waals surface area contributed by atoms with Gasteiger partial charge in [-0.3, -0.25) is 4.79 Å². The minimum atomic E-state index is 0.144. The van der Waals surface area contributed by atoms with Gasteiger partial charge in [-0.05, 0) is 56.0 Å². The zero-order valence-corrected chi connectivity index (χ0v) is 16.3. The van der Waals surface area contributed by atoms with Crippen LogP contribution in [0.15, 0.2) is 36.5 Å². The fourth-order valence-corrected chi connectivity index (χ4v) is 4.08. The standard InChI is InChI=1S/C22H28N4O/c1-17-6-5-7-20(18(17)2)24-12-14-25(15-13-24)21-16-19(8-9-23-21)22(27)26-10-3-4-11-26/h5-9,16H,3-4,10-15H2,1-2H3. The van der Waals surface area contributed by atoms with Gasteiger partial charge in [0.25, 0.3) is 5.91 Å². The van der Waals surface area contributed by atoms with Crippen molar-refractivity contribution in [2.45, 2.75) is 26.7 Å². The first-order valence-electron chi connectivity index (χ1n) is 9.95. The Labute approximate surface area is 161 Å². The van der Waals surface area contributed by atoms with Crippen LogP contribution in [0.3, 0.4) is 0 Å². The maximum Gasteiger partial charge on any atom is 0.254 e. The van der Waals surface area contributed by atoms with Crippen LogP contribution in [-0.4, -0.2) is 55.1 Å². The van der Waals surface area contributed by atoms with Gasteiger partial charge in [-0.2, -0.15) is 0 Å². The summed E-state index contributed by atoms with van der Waals surface area (Å²) < 4.78 is 0. The summed E-state index contributed by atoms with van der Waals surface area (Å²) in [7, 11) is 0. The first kappa shape index (κ1) is 17.8. The topological polar surface area (TPSA) is 39.7 Å². The highest BCUT2D eigenvalue weighted by Gasteiger charge is 2.23. The molecule has 142 valence electrons. The number of hydrogen-bond donors (Lipinski definition) is 0. The highest BCUT2D eigenvalue weighted by atomic mass is 16.2. The van der Waals surface area contributed by atoms with E-state index in [-0.39, 0.29) is 5.91 Å². The van der Waals surface area contributed by atoms with Crippen molar-refractivity contribution in [2.75, 3.05) is 49.1 Å². The lowest BCUT2D eigenvalue weighted by molar-refractivity contribution is 0.0792. The second-order valence-electron chi connectivity index (χ2n) is 7.60. The number of pyridine rings is 1. The molecule has 2 fully saturated rings. The number of likely N-dealkylation sites (tertiary alicyclic amines) is 1. The quantitative estimate of drug-likeness (QED) is 0.838. The summed E-state index contributed by atoms with van der Waals surface area (Å²) in [6.45, 7) is 9.90. The maximum atomic E-state index is 12.7. The zero-order chi connectivity index (χ0) is 18.8. The van der Waals surface area contributed by atoms with Crippen LogP contribution in [0.4, 0.5) is 11.5 Å². The van der Waals surface area contributed by atoms with Gasteiger partial charge in [0.2, 0.25) is 0 Å². The largest absolute Gasteiger partial charge is 0.368 e. The number of aromatic nitrogens is 1. The SMILES string of the molecule is Cc1cccc(N2CCN(c3cc(C(=O)N4CCCC4)ccn3)CC2)c1C. The van der Waals surface area contributed by atoms with Crippen molar-refractivity contribution in [3.8, 4) is 0 Å². The normalized spacial score (nSPS) is 17.5. The molecule has 0 N–H and O–H groups in total. The number of piperazine rings is 1. The third-order valence-corrected chi connectivity index (χ3v) is 5.91. The van der Waals surface area contributed by atoms with E-state index < -0.39 is 0 Å². The highest BCUT2D eigenvalue weighted by molar-refractivity contribution is 5.95. The Kier molecular flexibility index (Phi) is 5.01. The fourth-order valence-electron chi connectivity index (χ4n) is 4.08. The Morgan fingerprint density at radius 3 is 2.37 bits per heavy atom. The molecule has 2 saturated heterocycles. The predicted molar refractivity (Wildman–Crippen MR) is 110 cm³/mol. The van der Waals surface area contributed by atoms with Crippen molar-refractivity contribution in [3.05, 3.63) is 53.2 Å². The minimum absolute atomic E-state index is 0.144. The van der Waals surface area contributed by atoms with Crippen LogP contribution < -0.4 is 9.80 Å². The van der Waals surface area contributed by atoms with Crippen LogP contribution >= 0.6 is 0 Å². The van der Waals surface area contributed by atoms with Crippen LogP contribution in [-0.2, 0) is 0 Å². The summed E-state index contributed by atoms with van der Waals surface area (Å²) in [5.74, 6) is 1.06. The van der Waals surface area contributed by atoms with E-state index in [0.717, 1.165) is 63.5 Å². The molecular formula is C22H28N4O. The molecule has 0 bridgehead atoms. The molecule has 0 radical (unpaired) electrons. The van der Waals surface area contributed by atoms with Gasteiger partial charge >= 0.3 is 0 Å². The molecule has 0 atom stereocenters. The smallest absolute Gasteiger partial charge is 0.254 e. The molecule has 2 aliphatic rings. The van der Waals surface area contributed by atoms with Crippen molar-refractivity contribution >= 4 is 17.4 Å². The molecule has 1 amide bonds. The zero-order valence-electron chi connectivity index (χ0n) is 16.3. The van der Waals surface area contributed by atoms with Crippen molar-refractivity contribution in [2.24, 2.45) is 0 Å².